The highest BCUT2D eigenvalue weighted by molar-refractivity contribution is 9.10. The predicted molar refractivity (Wildman–Crippen MR) is 63.0 cm³/mol. The Balaban J connectivity index is 2.19. The summed E-state index contributed by atoms with van der Waals surface area (Å²) in [5.74, 6) is 1.15. The van der Waals surface area contributed by atoms with Crippen LogP contribution in [0.4, 0.5) is 0 Å². The number of benzene rings is 1. The summed E-state index contributed by atoms with van der Waals surface area (Å²) in [5.41, 5.74) is 0. The van der Waals surface area contributed by atoms with E-state index in [1.807, 2.05) is 30.3 Å². The van der Waals surface area contributed by atoms with E-state index in [0.717, 1.165) is 15.1 Å². The van der Waals surface area contributed by atoms with Crippen molar-refractivity contribution in [3.63, 3.8) is 0 Å². The normalized spacial score (nSPS) is 12.6. The van der Waals surface area contributed by atoms with Gasteiger partial charge < -0.3 is 4.42 Å². The first-order chi connectivity index (χ1) is 7.27. The smallest absolute Gasteiger partial charge is 0.116 e. The summed E-state index contributed by atoms with van der Waals surface area (Å²) in [5, 5.41) is 0. The average molecular weight is 285 g/mol. The van der Waals surface area contributed by atoms with Crippen LogP contribution in [-0.4, -0.2) is 4.21 Å². The molecule has 0 amide bonds. The molecule has 0 spiro atoms. The summed E-state index contributed by atoms with van der Waals surface area (Å²) >= 11 is 3.38. The first-order valence-corrected chi connectivity index (χ1v) is 6.54. The first kappa shape index (κ1) is 10.6. The van der Waals surface area contributed by atoms with Gasteiger partial charge in [-0.3, -0.25) is 4.21 Å². The maximum Gasteiger partial charge on any atom is 0.116 e. The van der Waals surface area contributed by atoms with Crippen molar-refractivity contribution in [2.75, 3.05) is 0 Å². The van der Waals surface area contributed by atoms with E-state index in [9.17, 15) is 4.21 Å². The molecule has 1 heterocycles. The van der Waals surface area contributed by atoms with Crippen LogP contribution < -0.4 is 0 Å². The molecule has 0 radical (unpaired) electrons. The number of rotatable bonds is 3. The summed E-state index contributed by atoms with van der Waals surface area (Å²) in [6.45, 7) is 0. The third-order valence-electron chi connectivity index (χ3n) is 1.94. The quantitative estimate of drug-likeness (QED) is 0.865. The van der Waals surface area contributed by atoms with E-state index in [-0.39, 0.29) is 0 Å². The second-order valence-corrected chi connectivity index (χ2v) is 5.27. The number of hydrogen-bond acceptors (Lipinski definition) is 2. The zero-order valence-electron chi connectivity index (χ0n) is 7.85. The molecule has 1 aromatic heterocycles. The number of hydrogen-bond donors (Lipinski definition) is 0. The van der Waals surface area contributed by atoms with Crippen LogP contribution in [0.1, 0.15) is 5.76 Å². The lowest BCUT2D eigenvalue weighted by molar-refractivity contribution is 0.528. The molecule has 0 aliphatic rings. The first-order valence-electron chi connectivity index (χ1n) is 4.42. The third kappa shape index (κ3) is 2.58. The van der Waals surface area contributed by atoms with E-state index in [2.05, 4.69) is 15.9 Å². The molecule has 0 saturated carbocycles. The van der Waals surface area contributed by atoms with Gasteiger partial charge in [0.2, 0.25) is 0 Å². The van der Waals surface area contributed by atoms with Gasteiger partial charge in [-0.2, -0.15) is 0 Å². The van der Waals surface area contributed by atoms with Crippen LogP contribution >= 0.6 is 15.9 Å². The molecule has 0 aliphatic heterocycles. The zero-order chi connectivity index (χ0) is 10.7. The van der Waals surface area contributed by atoms with Crippen LogP contribution in [0, 0.1) is 0 Å². The standard InChI is InChI=1S/C11H9BrO2S/c12-10-5-1-2-6-11(10)15(13)8-9-4-3-7-14-9/h1-7H,8H2. The summed E-state index contributed by atoms with van der Waals surface area (Å²) in [7, 11) is -1.06. The number of furan rings is 1. The zero-order valence-corrected chi connectivity index (χ0v) is 10.3. The van der Waals surface area contributed by atoms with Crippen LogP contribution in [0.15, 0.2) is 56.4 Å². The second kappa shape index (κ2) is 4.77. The van der Waals surface area contributed by atoms with Gasteiger partial charge in [0.25, 0.3) is 0 Å². The molecule has 2 nitrogen and oxygen atoms in total. The molecule has 15 heavy (non-hydrogen) atoms. The Morgan fingerprint density at radius 3 is 2.67 bits per heavy atom. The maximum absolute atomic E-state index is 12.0. The second-order valence-electron chi connectivity index (χ2n) is 3.00. The SMILES string of the molecule is O=S(Cc1ccco1)c1ccccc1Br. The van der Waals surface area contributed by atoms with Crippen molar-refractivity contribution >= 4 is 26.7 Å². The largest absolute Gasteiger partial charge is 0.468 e. The predicted octanol–water partition coefficient (Wildman–Crippen LogP) is 3.35. The highest BCUT2D eigenvalue weighted by atomic mass is 79.9. The Labute approximate surface area is 98.9 Å². The monoisotopic (exact) mass is 284 g/mol. The van der Waals surface area contributed by atoms with Crippen molar-refractivity contribution in [3.8, 4) is 0 Å². The molecule has 1 unspecified atom stereocenters. The van der Waals surface area contributed by atoms with Crippen LogP contribution in [0.5, 0.6) is 0 Å². The molecule has 2 aromatic rings. The van der Waals surface area contributed by atoms with Crippen molar-refractivity contribution in [2.24, 2.45) is 0 Å². The third-order valence-corrected chi connectivity index (χ3v) is 4.28. The minimum Gasteiger partial charge on any atom is -0.468 e. The molecule has 1 atom stereocenters. The Hall–Kier alpha value is -0.870. The van der Waals surface area contributed by atoms with E-state index < -0.39 is 10.8 Å². The van der Waals surface area contributed by atoms with Gasteiger partial charge in [0, 0.05) is 4.47 Å². The Kier molecular flexibility index (Phi) is 3.38. The van der Waals surface area contributed by atoms with Gasteiger partial charge in [-0.25, -0.2) is 0 Å². The minimum atomic E-state index is -1.06. The summed E-state index contributed by atoms with van der Waals surface area (Å²) in [6, 6.07) is 11.1. The van der Waals surface area contributed by atoms with Gasteiger partial charge >= 0.3 is 0 Å². The highest BCUT2D eigenvalue weighted by Crippen LogP contribution is 2.21. The summed E-state index contributed by atoms with van der Waals surface area (Å²) in [4.78, 5) is 0.800. The molecule has 2 rings (SSSR count). The molecule has 0 N–H and O–H groups in total. The molecule has 0 aliphatic carbocycles. The molecular weight excluding hydrogens is 276 g/mol. The summed E-state index contributed by atoms with van der Waals surface area (Å²) in [6.07, 6.45) is 1.59. The van der Waals surface area contributed by atoms with Gasteiger partial charge in [-0.05, 0) is 40.2 Å². The van der Waals surface area contributed by atoms with Crippen molar-refractivity contribution in [1.82, 2.24) is 0 Å². The summed E-state index contributed by atoms with van der Waals surface area (Å²) < 4.78 is 18.0. The molecule has 78 valence electrons. The van der Waals surface area contributed by atoms with Gasteiger partial charge in [-0.1, -0.05) is 12.1 Å². The molecule has 0 bridgehead atoms. The molecular formula is C11H9BrO2S. The fraction of sp³-hybridized carbons (Fsp3) is 0.0909. The fourth-order valence-electron chi connectivity index (χ4n) is 1.23. The molecule has 0 saturated heterocycles. The minimum absolute atomic E-state index is 0.412. The van der Waals surface area contributed by atoms with Crippen LogP contribution in [-0.2, 0) is 16.6 Å². The van der Waals surface area contributed by atoms with Crippen molar-refractivity contribution < 1.29 is 8.63 Å². The van der Waals surface area contributed by atoms with Gasteiger partial charge in [0.05, 0.1) is 27.7 Å². The lowest BCUT2D eigenvalue weighted by atomic mass is 10.4. The van der Waals surface area contributed by atoms with E-state index in [0.29, 0.717) is 5.75 Å². The molecule has 4 heteroatoms. The Morgan fingerprint density at radius 2 is 2.00 bits per heavy atom. The lowest BCUT2D eigenvalue weighted by Crippen LogP contribution is -1.95. The fourth-order valence-corrected chi connectivity index (χ4v) is 3.15. The molecule has 1 aromatic carbocycles. The van der Waals surface area contributed by atoms with Gasteiger partial charge in [0.1, 0.15) is 5.76 Å². The van der Waals surface area contributed by atoms with Crippen LogP contribution in [0.25, 0.3) is 0 Å². The van der Waals surface area contributed by atoms with Crippen LogP contribution in [0.3, 0.4) is 0 Å². The number of halogens is 1. The Morgan fingerprint density at radius 1 is 1.20 bits per heavy atom. The maximum atomic E-state index is 12.0. The highest BCUT2D eigenvalue weighted by Gasteiger charge is 2.09. The van der Waals surface area contributed by atoms with Crippen molar-refractivity contribution in [1.29, 1.82) is 0 Å². The van der Waals surface area contributed by atoms with Crippen molar-refractivity contribution in [2.45, 2.75) is 10.6 Å². The van der Waals surface area contributed by atoms with Gasteiger partial charge in [0.15, 0.2) is 0 Å². The van der Waals surface area contributed by atoms with E-state index >= 15 is 0 Å². The van der Waals surface area contributed by atoms with Crippen LogP contribution in [0.2, 0.25) is 0 Å². The topological polar surface area (TPSA) is 30.2 Å². The molecule has 0 fully saturated rings. The van der Waals surface area contributed by atoms with Gasteiger partial charge in [-0.15, -0.1) is 0 Å². The average Bonchev–Trinajstić information content (AvgIpc) is 2.71. The van der Waals surface area contributed by atoms with Crippen molar-refractivity contribution in [3.05, 3.63) is 52.9 Å². The van der Waals surface area contributed by atoms with E-state index in [1.54, 1.807) is 12.3 Å². The Bertz CT molecular complexity index is 465. The van der Waals surface area contributed by atoms with E-state index in [1.165, 1.54) is 0 Å². The lowest BCUT2D eigenvalue weighted by Gasteiger charge is -2.02. The van der Waals surface area contributed by atoms with E-state index in [4.69, 9.17) is 4.42 Å².